The zero-order valence-corrected chi connectivity index (χ0v) is 9.55. The van der Waals surface area contributed by atoms with E-state index in [1.54, 1.807) is 31.4 Å². The van der Waals surface area contributed by atoms with Gasteiger partial charge in [-0.25, -0.2) is 0 Å². The number of para-hydroxylation sites is 1. The maximum absolute atomic E-state index is 8.63. The lowest BCUT2D eigenvalue weighted by Gasteiger charge is -1.97. The Morgan fingerprint density at radius 1 is 0.938 bits per heavy atom. The minimum absolute atomic E-state index is 0.322. The van der Waals surface area contributed by atoms with Crippen LogP contribution < -0.4 is 4.74 Å². The van der Waals surface area contributed by atoms with E-state index in [4.69, 9.17) is 9.84 Å². The van der Waals surface area contributed by atoms with Gasteiger partial charge in [-0.1, -0.05) is 30.3 Å². The van der Waals surface area contributed by atoms with E-state index >= 15 is 0 Å². The summed E-state index contributed by atoms with van der Waals surface area (Å²) < 4.78 is 5.00. The molecule has 0 saturated carbocycles. The molecule has 0 atom stereocenters. The monoisotopic (exact) mass is 216 g/mol. The Kier molecular flexibility index (Phi) is 4.93. The number of aromatic hydroxyl groups is 1. The van der Waals surface area contributed by atoms with Crippen LogP contribution in [0, 0.1) is 6.92 Å². The quantitative estimate of drug-likeness (QED) is 0.791. The van der Waals surface area contributed by atoms with Crippen molar-refractivity contribution in [3.63, 3.8) is 0 Å². The zero-order valence-electron chi connectivity index (χ0n) is 9.55. The predicted octanol–water partition coefficient (Wildman–Crippen LogP) is 3.40. The van der Waals surface area contributed by atoms with E-state index < -0.39 is 0 Å². The molecule has 84 valence electrons. The highest BCUT2D eigenvalue weighted by molar-refractivity contribution is 5.27. The molecule has 2 aromatic rings. The van der Waals surface area contributed by atoms with Gasteiger partial charge in [0.05, 0.1) is 7.11 Å². The number of aryl methyl sites for hydroxylation is 1. The molecule has 0 spiro atoms. The molecule has 0 bridgehead atoms. The Labute approximate surface area is 96.1 Å². The van der Waals surface area contributed by atoms with E-state index in [1.807, 2.05) is 37.3 Å². The van der Waals surface area contributed by atoms with Crippen LogP contribution in [0.15, 0.2) is 54.6 Å². The fourth-order valence-corrected chi connectivity index (χ4v) is 1.17. The number of benzene rings is 2. The number of hydrogen-bond donors (Lipinski definition) is 1. The van der Waals surface area contributed by atoms with Gasteiger partial charge >= 0.3 is 0 Å². The van der Waals surface area contributed by atoms with Crippen molar-refractivity contribution in [2.45, 2.75) is 6.92 Å². The van der Waals surface area contributed by atoms with Gasteiger partial charge < -0.3 is 9.84 Å². The zero-order chi connectivity index (χ0) is 11.8. The third-order valence-corrected chi connectivity index (χ3v) is 1.98. The van der Waals surface area contributed by atoms with E-state index in [0.717, 1.165) is 5.75 Å². The number of rotatable bonds is 1. The largest absolute Gasteiger partial charge is 0.508 e. The predicted molar refractivity (Wildman–Crippen MR) is 65.8 cm³/mol. The third kappa shape index (κ3) is 4.51. The van der Waals surface area contributed by atoms with Crippen molar-refractivity contribution in [3.8, 4) is 11.5 Å². The number of phenolic OH excluding ortho intramolecular Hbond substituents is 1. The van der Waals surface area contributed by atoms with E-state index in [0.29, 0.717) is 5.75 Å². The lowest BCUT2D eigenvalue weighted by atomic mass is 10.2. The van der Waals surface area contributed by atoms with Gasteiger partial charge in [0.2, 0.25) is 0 Å². The Morgan fingerprint density at radius 2 is 1.62 bits per heavy atom. The minimum Gasteiger partial charge on any atom is -0.508 e. The molecule has 0 aromatic heterocycles. The highest BCUT2D eigenvalue weighted by Gasteiger charge is 1.86. The van der Waals surface area contributed by atoms with Gasteiger partial charge in [0.25, 0.3) is 0 Å². The second-order valence-corrected chi connectivity index (χ2v) is 3.36. The van der Waals surface area contributed by atoms with Gasteiger partial charge in [0.15, 0.2) is 0 Å². The summed E-state index contributed by atoms with van der Waals surface area (Å²) in [6.07, 6.45) is 0. The molecular formula is C14H16O2. The van der Waals surface area contributed by atoms with Gasteiger partial charge in [0, 0.05) is 0 Å². The van der Waals surface area contributed by atoms with Crippen molar-refractivity contribution in [2.24, 2.45) is 0 Å². The first kappa shape index (κ1) is 12.1. The lowest BCUT2D eigenvalue weighted by molar-refractivity contribution is 0.414. The molecule has 2 nitrogen and oxygen atoms in total. The van der Waals surface area contributed by atoms with E-state index in [2.05, 4.69) is 0 Å². The van der Waals surface area contributed by atoms with Crippen LogP contribution in [0.4, 0.5) is 0 Å². The summed E-state index contributed by atoms with van der Waals surface area (Å²) in [5, 5.41) is 8.63. The normalized spacial score (nSPS) is 8.88. The summed E-state index contributed by atoms with van der Waals surface area (Å²) in [7, 11) is 1.68. The molecule has 0 heterocycles. The van der Waals surface area contributed by atoms with Crippen LogP contribution in [-0.2, 0) is 0 Å². The van der Waals surface area contributed by atoms with Gasteiger partial charge in [-0.3, -0.25) is 0 Å². The van der Waals surface area contributed by atoms with Crippen molar-refractivity contribution < 1.29 is 9.84 Å². The van der Waals surface area contributed by atoms with Gasteiger partial charge in [-0.05, 0) is 36.8 Å². The van der Waals surface area contributed by atoms with Crippen molar-refractivity contribution in [3.05, 3.63) is 60.2 Å². The molecule has 16 heavy (non-hydrogen) atoms. The van der Waals surface area contributed by atoms with Crippen LogP contribution >= 0.6 is 0 Å². The summed E-state index contributed by atoms with van der Waals surface area (Å²) in [5.74, 6) is 1.25. The first-order valence-corrected chi connectivity index (χ1v) is 5.07. The van der Waals surface area contributed by atoms with Crippen LogP contribution in [0.5, 0.6) is 11.5 Å². The molecule has 1 N–H and O–H groups in total. The Bertz CT molecular complexity index is 410. The average Bonchev–Trinajstić information content (AvgIpc) is 2.31. The number of phenols is 1. The topological polar surface area (TPSA) is 29.5 Å². The van der Waals surface area contributed by atoms with Crippen molar-refractivity contribution >= 4 is 0 Å². The summed E-state index contributed by atoms with van der Waals surface area (Å²) in [6.45, 7) is 2.04. The Hall–Kier alpha value is -1.96. The van der Waals surface area contributed by atoms with Crippen LogP contribution in [0.1, 0.15) is 5.56 Å². The first-order chi connectivity index (χ1) is 7.72. The molecule has 0 unspecified atom stereocenters. The van der Waals surface area contributed by atoms with Crippen molar-refractivity contribution in [1.29, 1.82) is 0 Å². The highest BCUT2D eigenvalue weighted by atomic mass is 16.5. The first-order valence-electron chi connectivity index (χ1n) is 5.07. The van der Waals surface area contributed by atoms with E-state index in [1.165, 1.54) is 5.56 Å². The maximum atomic E-state index is 8.63. The standard InChI is InChI=1S/C8H10O.C6H6O/c1-7-4-3-5-8(6-7)9-2;7-6-4-2-1-3-5-6/h3-6H,1-2H3;1-5,7H. The molecule has 0 aliphatic rings. The fraction of sp³-hybridized carbons (Fsp3) is 0.143. The Balaban J connectivity index is 0.000000165. The van der Waals surface area contributed by atoms with Crippen molar-refractivity contribution in [2.75, 3.05) is 7.11 Å². The molecule has 0 fully saturated rings. The number of hydrogen-bond acceptors (Lipinski definition) is 2. The maximum Gasteiger partial charge on any atom is 0.119 e. The van der Waals surface area contributed by atoms with Gasteiger partial charge in [-0.2, -0.15) is 0 Å². The Morgan fingerprint density at radius 3 is 2.00 bits per heavy atom. The van der Waals surface area contributed by atoms with Crippen LogP contribution in [0.2, 0.25) is 0 Å². The number of methoxy groups -OCH3 is 1. The molecule has 0 amide bonds. The summed E-state index contributed by atoms with van der Waals surface area (Å²) in [5.41, 5.74) is 1.23. The number of ether oxygens (including phenoxy) is 1. The molecule has 2 aromatic carbocycles. The second kappa shape index (κ2) is 6.51. The SMILES string of the molecule is COc1cccc(C)c1.Oc1ccccc1. The molecular weight excluding hydrogens is 200 g/mol. The smallest absolute Gasteiger partial charge is 0.119 e. The van der Waals surface area contributed by atoms with E-state index in [-0.39, 0.29) is 0 Å². The molecule has 2 heteroatoms. The van der Waals surface area contributed by atoms with Gasteiger partial charge in [0.1, 0.15) is 11.5 Å². The van der Waals surface area contributed by atoms with Crippen LogP contribution in [0.3, 0.4) is 0 Å². The lowest BCUT2D eigenvalue weighted by Crippen LogP contribution is -1.81. The molecule has 0 saturated heterocycles. The average molecular weight is 216 g/mol. The summed E-state index contributed by atoms with van der Waals surface area (Å²) >= 11 is 0. The minimum atomic E-state index is 0.322. The second-order valence-electron chi connectivity index (χ2n) is 3.36. The van der Waals surface area contributed by atoms with Crippen LogP contribution in [0.25, 0.3) is 0 Å². The highest BCUT2D eigenvalue weighted by Crippen LogP contribution is 2.10. The molecule has 0 aliphatic carbocycles. The fourth-order valence-electron chi connectivity index (χ4n) is 1.17. The molecule has 2 rings (SSSR count). The third-order valence-electron chi connectivity index (χ3n) is 1.98. The van der Waals surface area contributed by atoms with Crippen LogP contribution in [-0.4, -0.2) is 12.2 Å². The summed E-state index contributed by atoms with van der Waals surface area (Å²) in [4.78, 5) is 0. The summed E-state index contributed by atoms with van der Waals surface area (Å²) in [6, 6.07) is 16.7. The van der Waals surface area contributed by atoms with E-state index in [9.17, 15) is 0 Å². The van der Waals surface area contributed by atoms with Gasteiger partial charge in [-0.15, -0.1) is 0 Å². The van der Waals surface area contributed by atoms with Crippen molar-refractivity contribution in [1.82, 2.24) is 0 Å². The molecule has 0 radical (unpaired) electrons. The molecule has 0 aliphatic heterocycles.